The van der Waals surface area contributed by atoms with Crippen LogP contribution in [0.1, 0.15) is 37.7 Å². The lowest BCUT2D eigenvalue weighted by Gasteiger charge is -2.29. The summed E-state index contributed by atoms with van der Waals surface area (Å²) in [5.41, 5.74) is 3.20. The number of hydrogen-bond donors (Lipinski definition) is 1. The average molecular weight is 544 g/mol. The fraction of sp³-hybridized carbons (Fsp3) is 0.433. The minimum absolute atomic E-state index is 0.00904. The first-order chi connectivity index (χ1) is 19.1. The highest BCUT2D eigenvalue weighted by molar-refractivity contribution is 7.14. The minimum atomic E-state index is -0.257. The van der Waals surface area contributed by atoms with E-state index in [1.54, 1.807) is 0 Å². The van der Waals surface area contributed by atoms with Gasteiger partial charge in [0.2, 0.25) is 0 Å². The van der Waals surface area contributed by atoms with Crippen molar-refractivity contribution < 1.29 is 4.74 Å². The van der Waals surface area contributed by atoms with Crippen LogP contribution in [0.5, 0.6) is 5.75 Å². The predicted molar refractivity (Wildman–Crippen MR) is 156 cm³/mol. The van der Waals surface area contributed by atoms with Gasteiger partial charge in [-0.25, -0.2) is 4.98 Å². The Morgan fingerprint density at radius 1 is 1.13 bits per heavy atom. The third kappa shape index (κ3) is 4.42. The van der Waals surface area contributed by atoms with E-state index in [2.05, 4.69) is 27.4 Å². The van der Waals surface area contributed by atoms with Gasteiger partial charge in [0.05, 0.1) is 22.1 Å². The molecule has 5 heterocycles. The third-order valence-electron chi connectivity index (χ3n) is 8.52. The van der Waals surface area contributed by atoms with Crippen molar-refractivity contribution >= 4 is 32.7 Å². The highest BCUT2D eigenvalue weighted by Gasteiger charge is 2.34. The molecule has 2 fully saturated rings. The van der Waals surface area contributed by atoms with E-state index in [9.17, 15) is 9.59 Å². The molecule has 0 spiro atoms. The molecule has 3 aliphatic rings. The summed E-state index contributed by atoms with van der Waals surface area (Å²) in [5, 5.41) is 0.631. The van der Waals surface area contributed by atoms with Crippen molar-refractivity contribution in [1.82, 2.24) is 23.7 Å². The van der Waals surface area contributed by atoms with Gasteiger partial charge >= 0.3 is 0 Å². The van der Waals surface area contributed by atoms with Crippen molar-refractivity contribution in [3.8, 4) is 17.0 Å². The van der Waals surface area contributed by atoms with Gasteiger partial charge in [-0.2, -0.15) is 0 Å². The molecular weight excluding hydrogens is 510 g/mol. The molecule has 202 valence electrons. The predicted octanol–water partition coefficient (Wildman–Crippen LogP) is 4.36. The fourth-order valence-corrected chi connectivity index (χ4v) is 7.75. The molecule has 2 aromatic carbocycles. The highest BCUT2D eigenvalue weighted by Crippen LogP contribution is 2.34. The molecule has 4 aromatic rings. The molecule has 0 saturated carbocycles. The van der Waals surface area contributed by atoms with Gasteiger partial charge in [0.15, 0.2) is 0 Å². The lowest BCUT2D eigenvalue weighted by Crippen LogP contribution is -2.42. The fourth-order valence-electron chi connectivity index (χ4n) is 6.59. The summed E-state index contributed by atoms with van der Waals surface area (Å²) in [6.45, 7) is 8.88. The van der Waals surface area contributed by atoms with Crippen molar-refractivity contribution in [3.63, 3.8) is 0 Å². The van der Waals surface area contributed by atoms with Gasteiger partial charge in [0.25, 0.3) is 11.1 Å². The van der Waals surface area contributed by atoms with E-state index in [4.69, 9.17) is 9.72 Å². The van der Waals surface area contributed by atoms with E-state index in [1.807, 2.05) is 34.3 Å². The zero-order valence-electron chi connectivity index (χ0n) is 22.0. The van der Waals surface area contributed by atoms with E-state index in [0.29, 0.717) is 46.6 Å². The number of fused-ring (bicyclic) bond motifs is 5. The number of benzene rings is 2. The SMILES string of the molecule is C=CCN1C2CCC1Cn1sc3c(cccc3c1=O)-c1nc3c(cc(CN4CCCCC4)cc3[nH]c1=O)OC2. The normalized spacial score (nSPS) is 21.9. The number of hydrogen-bond acceptors (Lipinski definition) is 7. The van der Waals surface area contributed by atoms with Crippen LogP contribution in [-0.4, -0.2) is 62.0 Å². The smallest absolute Gasteiger partial charge is 0.275 e. The Labute approximate surface area is 230 Å². The molecule has 2 aromatic heterocycles. The van der Waals surface area contributed by atoms with Crippen molar-refractivity contribution in [2.24, 2.45) is 0 Å². The largest absolute Gasteiger partial charge is 0.490 e. The quantitative estimate of drug-likeness (QED) is 0.385. The van der Waals surface area contributed by atoms with Gasteiger partial charge < -0.3 is 9.72 Å². The van der Waals surface area contributed by atoms with Crippen LogP contribution < -0.4 is 15.9 Å². The molecule has 2 saturated heterocycles. The topological polar surface area (TPSA) is 83.5 Å². The van der Waals surface area contributed by atoms with Crippen LogP contribution in [0.4, 0.5) is 0 Å². The molecule has 7 rings (SSSR count). The lowest BCUT2D eigenvalue weighted by molar-refractivity contribution is 0.146. The van der Waals surface area contributed by atoms with E-state index >= 15 is 0 Å². The second kappa shape index (κ2) is 10.0. The molecule has 9 heteroatoms. The lowest BCUT2D eigenvalue weighted by atomic mass is 10.1. The maximum Gasteiger partial charge on any atom is 0.275 e. The van der Waals surface area contributed by atoms with Gasteiger partial charge in [-0.05, 0) is 62.5 Å². The number of H-pyrrole nitrogens is 1. The average Bonchev–Trinajstić information content (AvgIpc) is 3.47. The minimum Gasteiger partial charge on any atom is -0.490 e. The maximum absolute atomic E-state index is 13.4. The Bertz CT molecular complexity index is 1680. The number of aromatic nitrogens is 3. The van der Waals surface area contributed by atoms with E-state index in [-0.39, 0.29) is 23.2 Å². The van der Waals surface area contributed by atoms with Crippen LogP contribution >= 0.6 is 11.5 Å². The summed E-state index contributed by atoms with van der Waals surface area (Å²) >= 11 is 1.43. The van der Waals surface area contributed by atoms with Gasteiger partial charge in [0.1, 0.15) is 23.6 Å². The summed E-state index contributed by atoms with van der Waals surface area (Å²) in [6.07, 6.45) is 7.65. The number of piperidine rings is 1. The molecule has 6 bridgehead atoms. The molecule has 8 nitrogen and oxygen atoms in total. The molecular formula is C30H33N5O3S. The molecule has 0 aliphatic carbocycles. The summed E-state index contributed by atoms with van der Waals surface area (Å²) in [7, 11) is 0. The molecule has 3 aliphatic heterocycles. The Balaban J connectivity index is 1.42. The Kier molecular flexibility index (Phi) is 6.37. The molecule has 39 heavy (non-hydrogen) atoms. The summed E-state index contributed by atoms with van der Waals surface area (Å²) in [6, 6.07) is 10.2. The van der Waals surface area contributed by atoms with E-state index in [1.165, 1.54) is 30.8 Å². The van der Waals surface area contributed by atoms with Gasteiger partial charge in [0, 0.05) is 30.7 Å². The standard InChI is InChI=1S/C30H33N5O3S/c1-2-11-34-20-9-10-21(34)18-38-25-15-19(16-33-12-4-3-5-13-33)14-24-27(25)32-26(29(36)31-24)22-7-6-8-23-28(22)39-35(17-20)30(23)37/h2,6-8,14-15,20-21H,1,3-5,9-13,16-18H2,(H,31,36). The Morgan fingerprint density at radius 3 is 2.82 bits per heavy atom. The second-order valence-corrected chi connectivity index (χ2v) is 12.1. The van der Waals surface area contributed by atoms with Crippen molar-refractivity contribution in [1.29, 1.82) is 0 Å². The van der Waals surface area contributed by atoms with Crippen molar-refractivity contribution in [2.45, 2.75) is 57.3 Å². The molecule has 1 N–H and O–H groups in total. The number of ether oxygens (including phenoxy) is 1. The zero-order chi connectivity index (χ0) is 26.5. The van der Waals surface area contributed by atoms with Crippen LogP contribution in [0.2, 0.25) is 0 Å². The summed E-state index contributed by atoms with van der Waals surface area (Å²) < 4.78 is 9.22. The zero-order valence-corrected chi connectivity index (χ0v) is 22.8. The number of nitrogens with zero attached hydrogens (tertiary/aromatic N) is 4. The number of rotatable bonds is 4. The summed E-state index contributed by atoms with van der Waals surface area (Å²) in [4.78, 5) is 39.8. The summed E-state index contributed by atoms with van der Waals surface area (Å²) in [5.74, 6) is 0.703. The van der Waals surface area contributed by atoms with Crippen molar-refractivity contribution in [3.05, 3.63) is 69.3 Å². The first kappa shape index (κ1) is 24.7. The third-order valence-corrected chi connectivity index (χ3v) is 9.68. The van der Waals surface area contributed by atoms with Crippen molar-refractivity contribution in [2.75, 3.05) is 26.2 Å². The number of likely N-dealkylation sites (tertiary alicyclic amines) is 1. The van der Waals surface area contributed by atoms with Gasteiger partial charge in [-0.15, -0.1) is 6.58 Å². The highest BCUT2D eigenvalue weighted by atomic mass is 32.1. The van der Waals surface area contributed by atoms with Crippen LogP contribution in [0.15, 0.2) is 52.6 Å². The second-order valence-electron chi connectivity index (χ2n) is 11.1. The first-order valence-electron chi connectivity index (χ1n) is 14.0. The molecule has 0 amide bonds. The van der Waals surface area contributed by atoms with E-state index < -0.39 is 0 Å². The monoisotopic (exact) mass is 543 g/mol. The molecule has 2 unspecified atom stereocenters. The first-order valence-corrected chi connectivity index (χ1v) is 14.8. The Hall–Kier alpha value is -3.27. The van der Waals surface area contributed by atoms with Crippen LogP contribution in [0, 0.1) is 0 Å². The van der Waals surface area contributed by atoms with E-state index in [0.717, 1.165) is 49.3 Å². The molecule has 2 atom stereocenters. The van der Waals surface area contributed by atoms with Crippen LogP contribution in [-0.2, 0) is 13.1 Å². The molecule has 0 radical (unpaired) electrons. The van der Waals surface area contributed by atoms with Crippen LogP contribution in [0.25, 0.3) is 32.4 Å². The van der Waals surface area contributed by atoms with Gasteiger partial charge in [-0.1, -0.05) is 36.2 Å². The Morgan fingerprint density at radius 2 is 1.97 bits per heavy atom. The van der Waals surface area contributed by atoms with Crippen LogP contribution in [0.3, 0.4) is 0 Å². The number of nitrogens with one attached hydrogen (secondary N) is 1. The maximum atomic E-state index is 13.4. The van der Waals surface area contributed by atoms with Gasteiger partial charge in [-0.3, -0.25) is 23.3 Å². The number of aromatic amines is 1.